The molecule has 0 bridgehead atoms. The van der Waals surface area contributed by atoms with Gasteiger partial charge >= 0.3 is 0 Å². The zero-order valence-electron chi connectivity index (χ0n) is 16.2. The fraction of sp³-hybridized carbons (Fsp3) is 0.238. The first-order valence-corrected chi connectivity index (χ1v) is 9.65. The lowest BCUT2D eigenvalue weighted by molar-refractivity contribution is -0.140. The molecule has 1 atom stereocenters. The SMILES string of the molecule is COCCN1C(=O)C(=O)/C(=C(\O)c2ccc(Cl)c(Cl)c2)C1c1ccc(OC)c(O)c1. The molecule has 30 heavy (non-hydrogen) atoms. The third-order valence-corrected chi connectivity index (χ3v) is 5.53. The minimum absolute atomic E-state index is 0.108. The molecule has 0 aliphatic carbocycles. The van der Waals surface area contributed by atoms with E-state index < -0.39 is 23.5 Å². The van der Waals surface area contributed by atoms with Crippen molar-refractivity contribution < 1.29 is 29.3 Å². The van der Waals surface area contributed by atoms with Gasteiger partial charge in [0.1, 0.15) is 5.76 Å². The van der Waals surface area contributed by atoms with Crippen LogP contribution < -0.4 is 4.74 Å². The number of ether oxygens (including phenoxy) is 2. The van der Waals surface area contributed by atoms with Gasteiger partial charge in [-0.2, -0.15) is 0 Å². The van der Waals surface area contributed by atoms with Crippen LogP contribution in [-0.4, -0.2) is 54.2 Å². The highest BCUT2D eigenvalue weighted by molar-refractivity contribution is 6.46. The second-order valence-electron chi connectivity index (χ2n) is 6.55. The van der Waals surface area contributed by atoms with Gasteiger partial charge in [0, 0.05) is 19.2 Å². The normalized spacial score (nSPS) is 18.1. The molecule has 2 aromatic rings. The van der Waals surface area contributed by atoms with Crippen LogP contribution in [-0.2, 0) is 14.3 Å². The number of amides is 1. The van der Waals surface area contributed by atoms with Crippen molar-refractivity contribution in [3.8, 4) is 11.5 Å². The van der Waals surface area contributed by atoms with Crippen LogP contribution in [0.2, 0.25) is 10.0 Å². The molecule has 7 nitrogen and oxygen atoms in total. The van der Waals surface area contributed by atoms with E-state index in [1.807, 2.05) is 0 Å². The first kappa shape index (κ1) is 22.0. The Morgan fingerprint density at radius 3 is 2.43 bits per heavy atom. The average Bonchev–Trinajstić information content (AvgIpc) is 2.98. The number of hydrogen-bond acceptors (Lipinski definition) is 6. The molecule has 3 rings (SSSR count). The third kappa shape index (κ3) is 3.96. The molecular formula is C21H19Cl2NO6. The van der Waals surface area contributed by atoms with Gasteiger partial charge in [0.2, 0.25) is 0 Å². The second-order valence-corrected chi connectivity index (χ2v) is 7.36. The van der Waals surface area contributed by atoms with E-state index in [0.717, 1.165) is 0 Å². The summed E-state index contributed by atoms with van der Waals surface area (Å²) >= 11 is 12.0. The van der Waals surface area contributed by atoms with Crippen LogP contribution in [0.1, 0.15) is 17.2 Å². The summed E-state index contributed by atoms with van der Waals surface area (Å²) in [5, 5.41) is 21.6. The van der Waals surface area contributed by atoms with Crippen molar-refractivity contribution in [3.63, 3.8) is 0 Å². The Morgan fingerprint density at radius 2 is 1.83 bits per heavy atom. The molecule has 2 N–H and O–H groups in total. The quantitative estimate of drug-likeness (QED) is 0.394. The van der Waals surface area contributed by atoms with Crippen molar-refractivity contribution in [2.24, 2.45) is 0 Å². The summed E-state index contributed by atoms with van der Waals surface area (Å²) in [6.07, 6.45) is 0. The largest absolute Gasteiger partial charge is 0.507 e. The Hall–Kier alpha value is -2.74. The van der Waals surface area contributed by atoms with Gasteiger partial charge < -0.3 is 24.6 Å². The van der Waals surface area contributed by atoms with E-state index in [9.17, 15) is 19.8 Å². The number of benzene rings is 2. The van der Waals surface area contributed by atoms with Crippen molar-refractivity contribution in [1.29, 1.82) is 0 Å². The maximum absolute atomic E-state index is 12.8. The fourth-order valence-corrected chi connectivity index (χ4v) is 3.62. The van der Waals surface area contributed by atoms with E-state index in [0.29, 0.717) is 5.56 Å². The number of nitrogens with zero attached hydrogens (tertiary/aromatic N) is 1. The van der Waals surface area contributed by atoms with Crippen LogP contribution >= 0.6 is 23.2 Å². The molecule has 158 valence electrons. The molecule has 1 heterocycles. The topological polar surface area (TPSA) is 96.3 Å². The second kappa shape index (κ2) is 8.95. The van der Waals surface area contributed by atoms with Gasteiger partial charge in [-0.15, -0.1) is 0 Å². The van der Waals surface area contributed by atoms with E-state index in [2.05, 4.69) is 0 Å². The maximum atomic E-state index is 12.8. The van der Waals surface area contributed by atoms with Crippen molar-refractivity contribution in [2.45, 2.75) is 6.04 Å². The average molecular weight is 452 g/mol. The van der Waals surface area contributed by atoms with Gasteiger partial charge in [-0.1, -0.05) is 29.3 Å². The molecule has 1 saturated heterocycles. The maximum Gasteiger partial charge on any atom is 0.295 e. The van der Waals surface area contributed by atoms with E-state index in [1.165, 1.54) is 49.5 Å². The van der Waals surface area contributed by atoms with Crippen LogP contribution in [0, 0.1) is 0 Å². The number of ketones is 1. The van der Waals surface area contributed by atoms with Crippen LogP contribution in [0.4, 0.5) is 0 Å². The summed E-state index contributed by atoms with van der Waals surface area (Å²) in [6.45, 7) is 0.287. The van der Waals surface area contributed by atoms with Crippen LogP contribution in [0.3, 0.4) is 0 Å². The number of halogens is 2. The summed E-state index contributed by atoms with van der Waals surface area (Å²) in [4.78, 5) is 26.8. The van der Waals surface area contributed by atoms with Crippen molar-refractivity contribution >= 4 is 40.7 Å². The van der Waals surface area contributed by atoms with E-state index in [1.54, 1.807) is 6.07 Å². The monoisotopic (exact) mass is 451 g/mol. The number of methoxy groups -OCH3 is 2. The Kier molecular flexibility index (Phi) is 6.55. The molecule has 1 aliphatic heterocycles. The highest BCUT2D eigenvalue weighted by atomic mass is 35.5. The molecule has 0 aromatic heterocycles. The zero-order chi connectivity index (χ0) is 22.0. The number of aliphatic hydroxyl groups is 1. The zero-order valence-corrected chi connectivity index (χ0v) is 17.7. The summed E-state index contributed by atoms with van der Waals surface area (Å²) in [7, 11) is 2.88. The number of phenols is 1. The predicted octanol–water partition coefficient (Wildman–Crippen LogP) is 3.78. The van der Waals surface area contributed by atoms with E-state index >= 15 is 0 Å². The van der Waals surface area contributed by atoms with Crippen molar-refractivity contribution in [1.82, 2.24) is 4.90 Å². The minimum atomic E-state index is -0.939. The number of aliphatic hydroxyl groups excluding tert-OH is 1. The molecular weight excluding hydrogens is 433 g/mol. The molecule has 2 aromatic carbocycles. The first-order valence-electron chi connectivity index (χ1n) is 8.89. The Balaban J connectivity index is 2.19. The lowest BCUT2D eigenvalue weighted by Crippen LogP contribution is -2.32. The summed E-state index contributed by atoms with van der Waals surface area (Å²) in [5.74, 6) is -1.96. The van der Waals surface area contributed by atoms with Gasteiger partial charge in [-0.3, -0.25) is 9.59 Å². The molecule has 1 unspecified atom stereocenters. The number of phenolic OH excluding ortho intramolecular Hbond substituents is 1. The molecule has 1 fully saturated rings. The summed E-state index contributed by atoms with van der Waals surface area (Å²) in [6, 6.07) is 7.95. The van der Waals surface area contributed by atoms with Gasteiger partial charge in [-0.25, -0.2) is 0 Å². The number of rotatable bonds is 6. The van der Waals surface area contributed by atoms with E-state index in [4.69, 9.17) is 32.7 Å². The van der Waals surface area contributed by atoms with Gasteiger partial charge in [0.25, 0.3) is 11.7 Å². The lowest BCUT2D eigenvalue weighted by atomic mass is 9.95. The molecule has 9 heteroatoms. The highest BCUT2D eigenvalue weighted by Crippen LogP contribution is 2.42. The van der Waals surface area contributed by atoms with Crippen LogP contribution in [0.15, 0.2) is 42.0 Å². The number of carbonyl (C=O) groups excluding carboxylic acids is 2. The molecule has 1 aliphatic rings. The first-order chi connectivity index (χ1) is 14.3. The smallest absolute Gasteiger partial charge is 0.295 e. The number of carbonyl (C=O) groups is 2. The van der Waals surface area contributed by atoms with Crippen molar-refractivity contribution in [2.75, 3.05) is 27.4 Å². The predicted molar refractivity (Wildman–Crippen MR) is 112 cm³/mol. The number of aromatic hydroxyl groups is 1. The number of hydrogen-bond donors (Lipinski definition) is 2. The van der Waals surface area contributed by atoms with Gasteiger partial charge in [-0.05, 0) is 35.9 Å². The standard InChI is InChI=1S/C21H19Cl2NO6/c1-29-8-7-24-18(11-4-6-16(30-2)15(25)10-11)17(20(27)21(24)28)19(26)12-3-5-13(22)14(23)9-12/h3-6,9-10,18,25-26H,7-8H2,1-2H3/b19-17-. The Morgan fingerprint density at radius 1 is 1.10 bits per heavy atom. The summed E-state index contributed by atoms with van der Waals surface area (Å²) in [5.41, 5.74) is 0.529. The van der Waals surface area contributed by atoms with E-state index in [-0.39, 0.29) is 45.8 Å². The van der Waals surface area contributed by atoms with Gasteiger partial charge in [0.05, 0.1) is 35.4 Å². The summed E-state index contributed by atoms with van der Waals surface area (Å²) < 4.78 is 10.1. The molecule has 0 saturated carbocycles. The number of Topliss-reactive ketones (excluding diaryl/α,β-unsaturated/α-hetero) is 1. The molecule has 0 radical (unpaired) electrons. The van der Waals surface area contributed by atoms with Gasteiger partial charge in [0.15, 0.2) is 11.5 Å². The molecule has 1 amide bonds. The van der Waals surface area contributed by atoms with Crippen molar-refractivity contribution in [3.05, 3.63) is 63.1 Å². The Bertz CT molecular complexity index is 1040. The van der Waals surface area contributed by atoms with Crippen LogP contribution in [0.5, 0.6) is 11.5 Å². The highest BCUT2D eigenvalue weighted by Gasteiger charge is 2.46. The minimum Gasteiger partial charge on any atom is -0.507 e. The molecule has 0 spiro atoms. The third-order valence-electron chi connectivity index (χ3n) is 4.79. The fourth-order valence-electron chi connectivity index (χ4n) is 3.32. The van der Waals surface area contributed by atoms with Crippen LogP contribution in [0.25, 0.3) is 5.76 Å². The number of likely N-dealkylation sites (tertiary alicyclic amines) is 1. The Labute approximate surface area is 183 Å². The lowest BCUT2D eigenvalue weighted by Gasteiger charge is -2.25.